The van der Waals surface area contributed by atoms with E-state index in [0.29, 0.717) is 34.4 Å². The number of nitrogens with zero attached hydrogens (tertiary/aromatic N) is 3. The first kappa shape index (κ1) is 19.8. The van der Waals surface area contributed by atoms with Gasteiger partial charge in [0.25, 0.3) is 11.5 Å². The average Bonchev–Trinajstić information content (AvgIpc) is 2.75. The molecule has 0 saturated carbocycles. The predicted molar refractivity (Wildman–Crippen MR) is 111 cm³/mol. The summed E-state index contributed by atoms with van der Waals surface area (Å²) in [5.41, 5.74) is 2.98. The lowest BCUT2D eigenvalue weighted by Gasteiger charge is -2.09. The van der Waals surface area contributed by atoms with E-state index in [1.807, 2.05) is 0 Å². The standard InChI is InChI=1S/C21H20N4O4/c1-4-11-29-17-10-9-14(12-18(17)28-3)13-22-23-20(26)19-15-7-5-6-8-16(15)21(27)25(2)24-19/h4-10,12-13H,1,11H2,2-3H3,(H,23,26)/b22-13-. The quantitative estimate of drug-likeness (QED) is 0.378. The Hall–Kier alpha value is -3.94. The number of hydrazone groups is 1. The number of carbonyl (C=O) groups excluding carboxylic acids is 1. The lowest BCUT2D eigenvalue weighted by Crippen LogP contribution is -2.27. The average molecular weight is 392 g/mol. The number of hydrogen-bond donors (Lipinski definition) is 1. The first-order chi connectivity index (χ1) is 14.0. The number of benzene rings is 2. The predicted octanol–water partition coefficient (Wildman–Crippen LogP) is 2.27. The van der Waals surface area contributed by atoms with Crippen molar-refractivity contribution in [3.05, 3.63) is 76.7 Å². The molecule has 0 bridgehead atoms. The van der Waals surface area contributed by atoms with E-state index in [1.165, 1.54) is 20.4 Å². The van der Waals surface area contributed by atoms with Crippen LogP contribution in [0.15, 0.2) is 65.0 Å². The molecule has 0 atom stereocenters. The van der Waals surface area contributed by atoms with Gasteiger partial charge in [-0.1, -0.05) is 30.9 Å². The van der Waals surface area contributed by atoms with Gasteiger partial charge in [0.15, 0.2) is 17.2 Å². The van der Waals surface area contributed by atoms with Crippen LogP contribution in [0.5, 0.6) is 11.5 Å². The number of carbonyl (C=O) groups is 1. The fraction of sp³-hybridized carbons (Fsp3) is 0.143. The smallest absolute Gasteiger partial charge is 0.292 e. The van der Waals surface area contributed by atoms with Crippen LogP contribution in [0, 0.1) is 0 Å². The number of aryl methyl sites for hydroxylation is 1. The summed E-state index contributed by atoms with van der Waals surface area (Å²) < 4.78 is 11.9. The van der Waals surface area contributed by atoms with E-state index in [1.54, 1.807) is 48.5 Å². The number of rotatable bonds is 7. The summed E-state index contributed by atoms with van der Waals surface area (Å²) in [5.74, 6) is 0.591. The van der Waals surface area contributed by atoms with Crippen molar-refractivity contribution in [1.82, 2.24) is 15.2 Å². The molecule has 0 aliphatic rings. The van der Waals surface area contributed by atoms with E-state index in [0.717, 1.165) is 4.68 Å². The van der Waals surface area contributed by atoms with Crippen molar-refractivity contribution in [2.75, 3.05) is 13.7 Å². The molecule has 2 aromatic carbocycles. The third kappa shape index (κ3) is 4.32. The number of ether oxygens (including phenoxy) is 2. The number of methoxy groups -OCH3 is 1. The first-order valence-corrected chi connectivity index (χ1v) is 8.76. The van der Waals surface area contributed by atoms with Gasteiger partial charge in [-0.05, 0) is 29.8 Å². The fourth-order valence-electron chi connectivity index (χ4n) is 2.72. The van der Waals surface area contributed by atoms with Gasteiger partial charge in [-0.25, -0.2) is 10.1 Å². The van der Waals surface area contributed by atoms with E-state index in [2.05, 4.69) is 22.2 Å². The van der Waals surface area contributed by atoms with Crippen LogP contribution in [-0.4, -0.2) is 35.6 Å². The molecular weight excluding hydrogens is 372 g/mol. The summed E-state index contributed by atoms with van der Waals surface area (Å²) in [4.78, 5) is 24.7. The zero-order chi connectivity index (χ0) is 20.8. The Morgan fingerprint density at radius 2 is 2.00 bits per heavy atom. The van der Waals surface area contributed by atoms with Gasteiger partial charge >= 0.3 is 0 Å². The first-order valence-electron chi connectivity index (χ1n) is 8.76. The largest absolute Gasteiger partial charge is 0.493 e. The van der Waals surface area contributed by atoms with Crippen molar-refractivity contribution < 1.29 is 14.3 Å². The van der Waals surface area contributed by atoms with Crippen LogP contribution in [-0.2, 0) is 7.05 Å². The third-order valence-corrected chi connectivity index (χ3v) is 4.10. The lowest BCUT2D eigenvalue weighted by atomic mass is 10.1. The number of fused-ring (bicyclic) bond motifs is 1. The molecule has 148 valence electrons. The molecule has 29 heavy (non-hydrogen) atoms. The Morgan fingerprint density at radius 3 is 2.72 bits per heavy atom. The van der Waals surface area contributed by atoms with Gasteiger partial charge in [0.2, 0.25) is 0 Å². The number of nitrogens with one attached hydrogen (secondary N) is 1. The Bertz CT molecular complexity index is 1150. The fourth-order valence-corrected chi connectivity index (χ4v) is 2.72. The molecule has 1 aromatic heterocycles. The number of hydrogen-bond acceptors (Lipinski definition) is 6. The highest BCUT2D eigenvalue weighted by atomic mass is 16.5. The normalized spacial score (nSPS) is 10.8. The highest BCUT2D eigenvalue weighted by Gasteiger charge is 2.15. The van der Waals surface area contributed by atoms with E-state index in [4.69, 9.17) is 9.47 Å². The molecule has 3 rings (SSSR count). The van der Waals surface area contributed by atoms with E-state index in [-0.39, 0.29) is 11.3 Å². The van der Waals surface area contributed by atoms with Crippen LogP contribution in [0.3, 0.4) is 0 Å². The van der Waals surface area contributed by atoms with Crippen molar-refractivity contribution in [2.24, 2.45) is 12.1 Å². The highest BCUT2D eigenvalue weighted by Crippen LogP contribution is 2.27. The minimum absolute atomic E-state index is 0.116. The van der Waals surface area contributed by atoms with Crippen LogP contribution in [0.25, 0.3) is 10.8 Å². The van der Waals surface area contributed by atoms with Crippen molar-refractivity contribution in [2.45, 2.75) is 0 Å². The monoisotopic (exact) mass is 392 g/mol. The van der Waals surface area contributed by atoms with Crippen molar-refractivity contribution in [1.29, 1.82) is 0 Å². The molecule has 1 heterocycles. The van der Waals surface area contributed by atoms with Crippen molar-refractivity contribution >= 4 is 22.9 Å². The maximum atomic E-state index is 12.6. The summed E-state index contributed by atoms with van der Waals surface area (Å²) in [6.45, 7) is 3.97. The van der Waals surface area contributed by atoms with Crippen molar-refractivity contribution in [3.8, 4) is 11.5 Å². The maximum Gasteiger partial charge on any atom is 0.292 e. The maximum absolute atomic E-state index is 12.6. The van der Waals surface area contributed by atoms with Crippen LogP contribution >= 0.6 is 0 Å². The van der Waals surface area contributed by atoms with Crippen LogP contribution < -0.4 is 20.5 Å². The number of aromatic nitrogens is 2. The van der Waals surface area contributed by atoms with E-state index >= 15 is 0 Å². The van der Waals surface area contributed by atoms with Crippen LogP contribution in [0.1, 0.15) is 16.1 Å². The summed E-state index contributed by atoms with van der Waals surface area (Å²) in [6.07, 6.45) is 3.11. The van der Waals surface area contributed by atoms with Gasteiger partial charge < -0.3 is 9.47 Å². The molecule has 3 aromatic rings. The minimum atomic E-state index is -0.522. The van der Waals surface area contributed by atoms with Gasteiger partial charge in [0, 0.05) is 12.4 Å². The third-order valence-electron chi connectivity index (χ3n) is 4.10. The highest BCUT2D eigenvalue weighted by molar-refractivity contribution is 6.04. The van der Waals surface area contributed by atoms with Gasteiger partial charge in [-0.3, -0.25) is 9.59 Å². The molecule has 0 aliphatic carbocycles. The molecule has 0 aliphatic heterocycles. The Kier molecular flexibility index (Phi) is 6.03. The van der Waals surface area contributed by atoms with E-state index < -0.39 is 5.91 Å². The minimum Gasteiger partial charge on any atom is -0.493 e. The zero-order valence-electron chi connectivity index (χ0n) is 16.1. The molecule has 0 spiro atoms. The Labute approximate surface area is 167 Å². The molecule has 0 unspecified atom stereocenters. The molecule has 8 nitrogen and oxygen atoms in total. The second kappa shape index (κ2) is 8.83. The summed E-state index contributed by atoms with van der Waals surface area (Å²) in [5, 5.41) is 8.93. The molecule has 0 saturated heterocycles. The molecule has 1 N–H and O–H groups in total. The van der Waals surface area contributed by atoms with Crippen LogP contribution in [0.2, 0.25) is 0 Å². The molecule has 8 heteroatoms. The Morgan fingerprint density at radius 1 is 1.24 bits per heavy atom. The van der Waals surface area contributed by atoms with Gasteiger partial charge in [0.05, 0.1) is 18.7 Å². The summed E-state index contributed by atoms with van der Waals surface area (Å²) in [6, 6.07) is 12.1. The molecule has 0 fully saturated rings. The molecule has 0 radical (unpaired) electrons. The summed E-state index contributed by atoms with van der Waals surface area (Å²) in [7, 11) is 3.03. The van der Waals surface area contributed by atoms with Crippen molar-refractivity contribution in [3.63, 3.8) is 0 Å². The topological polar surface area (TPSA) is 94.8 Å². The Balaban J connectivity index is 1.80. The molecule has 1 amide bonds. The van der Waals surface area contributed by atoms with Gasteiger partial charge in [-0.2, -0.15) is 10.2 Å². The number of amides is 1. The van der Waals surface area contributed by atoms with Crippen LogP contribution in [0.4, 0.5) is 0 Å². The zero-order valence-corrected chi connectivity index (χ0v) is 16.1. The van der Waals surface area contributed by atoms with Gasteiger partial charge in [-0.15, -0.1) is 0 Å². The molecular formula is C21H20N4O4. The SMILES string of the molecule is C=CCOc1ccc(/C=N\NC(=O)c2nn(C)c(=O)c3ccccc23)cc1OC. The van der Waals surface area contributed by atoms with Gasteiger partial charge in [0.1, 0.15) is 6.61 Å². The second-order valence-electron chi connectivity index (χ2n) is 6.03. The lowest BCUT2D eigenvalue weighted by molar-refractivity contribution is 0.0950. The van der Waals surface area contributed by atoms with E-state index in [9.17, 15) is 9.59 Å². The second-order valence-corrected chi connectivity index (χ2v) is 6.03. The summed E-state index contributed by atoms with van der Waals surface area (Å²) >= 11 is 0.